The Balaban J connectivity index is 1.25. The number of benzene rings is 1. The third kappa shape index (κ3) is 29.2. The van der Waals surface area contributed by atoms with Crippen LogP contribution in [0.4, 0.5) is 17.5 Å². The van der Waals surface area contributed by atoms with Gasteiger partial charge in [0.25, 0.3) is 5.91 Å². The van der Waals surface area contributed by atoms with E-state index in [0.29, 0.717) is 32.9 Å². The van der Waals surface area contributed by atoms with Crippen molar-refractivity contribution < 1.29 is 87.6 Å². The zero-order valence-electron chi connectivity index (χ0n) is 49.5. The van der Waals surface area contributed by atoms with Gasteiger partial charge in [-0.3, -0.25) is 54.0 Å². The number of anilines is 3. The number of carboxylic acids is 1. The fraction of sp³-hybridized carbons (Fsp3) is 0.604. The van der Waals surface area contributed by atoms with Gasteiger partial charge in [0.05, 0.1) is 90.5 Å². The Labute approximate surface area is 502 Å². The van der Waals surface area contributed by atoms with Crippen LogP contribution in [0, 0.1) is 0 Å². The lowest BCUT2D eigenvalue weighted by atomic mass is 10.1. The zero-order valence-corrected chi connectivity index (χ0v) is 49.5. The molecule has 3 aromatic rings. The molecule has 1 aromatic carbocycles. The summed E-state index contributed by atoms with van der Waals surface area (Å²) < 4.78 is 27.5. The van der Waals surface area contributed by atoms with Gasteiger partial charge in [0.2, 0.25) is 47.3 Å². The van der Waals surface area contributed by atoms with Crippen molar-refractivity contribution in [1.29, 1.82) is 0 Å². The lowest BCUT2D eigenvalue weighted by Gasteiger charge is -2.25. The van der Waals surface area contributed by atoms with Gasteiger partial charge in [-0.1, -0.05) is 0 Å². The molecule has 1 unspecified atom stereocenters. The fourth-order valence-corrected chi connectivity index (χ4v) is 7.78. The summed E-state index contributed by atoms with van der Waals surface area (Å²) in [5.74, 6) is -6.31. The van der Waals surface area contributed by atoms with Crippen LogP contribution in [0.2, 0.25) is 0 Å². The minimum atomic E-state index is -1.32. The molecule has 0 fully saturated rings. The van der Waals surface area contributed by atoms with Gasteiger partial charge >= 0.3 is 5.97 Å². The molecule has 2 aromatic heterocycles. The van der Waals surface area contributed by atoms with Crippen molar-refractivity contribution in [1.82, 2.24) is 61.7 Å². The van der Waals surface area contributed by atoms with E-state index in [-0.39, 0.29) is 173 Å². The molecule has 15 N–H and O–H groups in total. The summed E-state index contributed by atoms with van der Waals surface area (Å²) >= 11 is 0. The molecule has 87 heavy (non-hydrogen) atoms. The molecular formula is C53H84N16O18. The number of amides is 8. The third-order valence-electron chi connectivity index (χ3n) is 12.6. The number of rotatable bonds is 44. The number of nitrogens with two attached hydrogens (primary N) is 3. The van der Waals surface area contributed by atoms with Crippen molar-refractivity contribution >= 4 is 81.8 Å². The molecule has 0 saturated carbocycles. The number of aliphatic carboxylic acids is 1. The topological polar surface area (TPSA) is 483 Å². The molecule has 3 rings (SSSR count). The SMILES string of the molecule is CC(=O)N(O)CCCC(N)C(=O)N[C@@H](CCCN(O)C(C)=O)C(=O)N[C@H](CCCN(O)C(C)=O)C(=O)NCCOCCOCCOCCOCCOCCNC(=O)CC[C@@H](NC(=O)c1ccc(N(C)Cc2cnc3nc(N)nc(N)c3n2)cc1)C(=O)O. The van der Waals surface area contributed by atoms with Crippen LogP contribution in [-0.2, 0) is 68.6 Å². The second kappa shape index (κ2) is 40.3. The fourth-order valence-electron chi connectivity index (χ4n) is 7.78. The van der Waals surface area contributed by atoms with Crippen LogP contribution in [0.1, 0.15) is 88.2 Å². The molecular weight excluding hydrogens is 1150 g/mol. The molecule has 0 radical (unpaired) electrons. The molecule has 4 atom stereocenters. The first-order valence-corrected chi connectivity index (χ1v) is 28.1. The molecule has 34 nitrogen and oxygen atoms in total. The number of carboxylic acid groups (broad SMARTS) is 1. The number of nitrogens with one attached hydrogen (secondary N) is 5. The Kier molecular flexibility index (Phi) is 33.9. The van der Waals surface area contributed by atoms with Crippen molar-refractivity contribution in [2.75, 3.05) is 122 Å². The number of fused-ring (bicyclic) bond motifs is 1. The highest BCUT2D eigenvalue weighted by atomic mass is 16.6. The maximum Gasteiger partial charge on any atom is 0.326 e. The number of hydroxylamine groups is 6. The smallest absolute Gasteiger partial charge is 0.326 e. The second-order valence-corrected chi connectivity index (χ2v) is 19.6. The van der Waals surface area contributed by atoms with Crippen LogP contribution in [-0.4, -0.2) is 239 Å². The first kappa shape index (κ1) is 73.2. The first-order valence-electron chi connectivity index (χ1n) is 28.1. The van der Waals surface area contributed by atoms with E-state index in [0.717, 1.165) is 26.5 Å². The lowest BCUT2D eigenvalue weighted by molar-refractivity contribution is -0.163. The van der Waals surface area contributed by atoms with Gasteiger partial charge < -0.3 is 77.5 Å². The summed E-state index contributed by atoms with van der Waals surface area (Å²) in [6.07, 6.45) is 1.41. The monoisotopic (exact) mass is 1230 g/mol. The van der Waals surface area contributed by atoms with Gasteiger partial charge in [-0.05, 0) is 69.2 Å². The van der Waals surface area contributed by atoms with Crippen molar-refractivity contribution in [3.8, 4) is 0 Å². The predicted octanol–water partition coefficient (Wildman–Crippen LogP) is -2.15. The second-order valence-electron chi connectivity index (χ2n) is 19.6. The number of ether oxygens (including phenoxy) is 5. The van der Waals surface area contributed by atoms with E-state index in [9.17, 15) is 63.9 Å². The normalized spacial score (nSPS) is 12.5. The van der Waals surface area contributed by atoms with E-state index in [4.69, 9.17) is 40.9 Å². The molecule has 0 saturated heterocycles. The average Bonchev–Trinajstić information content (AvgIpc) is 2.41. The number of hydrogen-bond donors (Lipinski definition) is 12. The van der Waals surface area contributed by atoms with E-state index < -0.39 is 77.4 Å². The lowest BCUT2D eigenvalue weighted by Crippen LogP contribution is -2.56. The van der Waals surface area contributed by atoms with Crippen LogP contribution in [0.15, 0.2) is 30.5 Å². The molecule has 0 bridgehead atoms. The molecule has 0 aliphatic rings. The minimum absolute atomic E-state index is 0.0106. The number of aromatic nitrogens is 4. The number of hydrogen-bond acceptors (Lipinski definition) is 25. The minimum Gasteiger partial charge on any atom is -0.480 e. The number of nitrogen functional groups attached to an aromatic ring is 2. The molecule has 0 aliphatic carbocycles. The summed E-state index contributed by atoms with van der Waals surface area (Å²) in [7, 11) is 1.81. The van der Waals surface area contributed by atoms with E-state index in [1.165, 1.54) is 0 Å². The number of carbonyl (C=O) groups is 9. The maximum atomic E-state index is 13.6. The molecule has 2 heterocycles. The number of carbonyl (C=O) groups excluding carboxylic acids is 8. The summed E-state index contributed by atoms with van der Waals surface area (Å²) in [5, 5.41) is 53.3. The van der Waals surface area contributed by atoms with Crippen LogP contribution in [0.5, 0.6) is 0 Å². The number of nitrogens with zero attached hydrogens (tertiary/aromatic N) is 8. The van der Waals surface area contributed by atoms with Crippen molar-refractivity contribution in [3.63, 3.8) is 0 Å². The first-order chi connectivity index (χ1) is 41.5. The molecule has 0 aliphatic heterocycles. The Morgan fingerprint density at radius 1 is 0.575 bits per heavy atom. The van der Waals surface area contributed by atoms with Crippen molar-refractivity contribution in [2.24, 2.45) is 5.73 Å². The Hall–Kier alpha value is -8.09. The van der Waals surface area contributed by atoms with E-state index in [1.807, 2.05) is 11.9 Å². The molecule has 8 amide bonds. The third-order valence-corrected chi connectivity index (χ3v) is 12.6. The van der Waals surface area contributed by atoms with Crippen LogP contribution in [0.3, 0.4) is 0 Å². The highest BCUT2D eigenvalue weighted by Gasteiger charge is 2.29. The standard InChI is InChI=1S/C53H84N16O18/c1-34(70)67(80)19-5-8-40(54)49(75)61-42(10-7-21-69(82)36(3)72)51(77)62-41(9-6-20-68(81)35(2)71)50(76)58-18-23-84-25-27-86-29-31-87-30-28-85-26-24-83-22-17-57-44(73)16-15-43(52(78)79)63-48(74)37-11-13-39(14-12-37)66(4)33-38-32-59-47-45(60-38)46(55)64-53(56)65-47/h11-14,32,40-43,80-82H,5-10,15-31,33,54H2,1-4H3,(H,57,73)(H,58,76)(H,61,75)(H,62,77)(H,63,74)(H,78,79)(H4,55,56,59,64,65)/t40?,41-,42+,43-/m1/s1. The van der Waals surface area contributed by atoms with E-state index in [1.54, 1.807) is 30.5 Å². The van der Waals surface area contributed by atoms with Gasteiger partial charge in [0.15, 0.2) is 17.0 Å². The van der Waals surface area contributed by atoms with Gasteiger partial charge in [-0.15, -0.1) is 0 Å². The summed E-state index contributed by atoms with van der Waals surface area (Å²) in [5.41, 5.74) is 19.7. The summed E-state index contributed by atoms with van der Waals surface area (Å²) in [6.45, 7) is 5.75. The highest BCUT2D eigenvalue weighted by molar-refractivity contribution is 5.97. The van der Waals surface area contributed by atoms with Gasteiger partial charge in [-0.25, -0.2) is 30.0 Å². The highest BCUT2D eigenvalue weighted by Crippen LogP contribution is 2.19. The Morgan fingerprint density at radius 3 is 1.55 bits per heavy atom. The molecule has 0 spiro atoms. The summed E-state index contributed by atoms with van der Waals surface area (Å²) in [4.78, 5) is 130. The predicted molar refractivity (Wildman–Crippen MR) is 308 cm³/mol. The summed E-state index contributed by atoms with van der Waals surface area (Å²) in [6, 6.07) is 1.52. The van der Waals surface area contributed by atoms with Crippen molar-refractivity contribution in [2.45, 2.75) is 103 Å². The van der Waals surface area contributed by atoms with Crippen LogP contribution >= 0.6 is 0 Å². The van der Waals surface area contributed by atoms with Gasteiger partial charge in [0.1, 0.15) is 18.1 Å². The quantitative estimate of drug-likeness (QED) is 0.0163. The van der Waals surface area contributed by atoms with Gasteiger partial charge in [-0.2, -0.15) is 9.97 Å². The zero-order chi connectivity index (χ0) is 64.3. The van der Waals surface area contributed by atoms with Crippen LogP contribution in [0.25, 0.3) is 11.2 Å². The maximum absolute atomic E-state index is 13.6. The van der Waals surface area contributed by atoms with E-state index in [2.05, 4.69) is 46.5 Å². The van der Waals surface area contributed by atoms with Crippen LogP contribution < -0.4 is 48.7 Å². The average molecular weight is 1230 g/mol. The molecule has 34 heteroatoms. The van der Waals surface area contributed by atoms with Crippen molar-refractivity contribution in [3.05, 3.63) is 41.7 Å². The Morgan fingerprint density at radius 2 is 1.05 bits per heavy atom. The Bertz CT molecular complexity index is 2680. The molecule has 484 valence electrons. The van der Waals surface area contributed by atoms with Gasteiger partial charge in [0, 0.05) is 78.2 Å². The van der Waals surface area contributed by atoms with E-state index >= 15 is 0 Å². The largest absolute Gasteiger partial charge is 0.480 e.